The number of pyridine rings is 2. The lowest BCUT2D eigenvalue weighted by molar-refractivity contribution is 0.476. The molecule has 0 radical (unpaired) electrons. The van der Waals surface area contributed by atoms with Gasteiger partial charge in [0.25, 0.3) is 0 Å². The van der Waals surface area contributed by atoms with Crippen molar-refractivity contribution in [2.24, 2.45) is 0 Å². The second-order valence-electron chi connectivity index (χ2n) is 3.87. The largest absolute Gasteiger partial charge is 0.454 e. The van der Waals surface area contributed by atoms with Crippen molar-refractivity contribution in [3.8, 4) is 11.5 Å². The lowest BCUT2D eigenvalue weighted by Gasteiger charge is -2.10. The maximum Gasteiger partial charge on any atom is 0.146 e. The average Bonchev–Trinajstić information content (AvgIpc) is 2.39. The first kappa shape index (κ1) is 13.0. The van der Waals surface area contributed by atoms with Crippen molar-refractivity contribution in [3.63, 3.8) is 0 Å². The number of ether oxygens (including phenoxy) is 1. The number of hydrogen-bond donors (Lipinski definition) is 1. The van der Waals surface area contributed by atoms with Crippen LogP contribution >= 0.6 is 15.9 Å². The molecule has 0 spiro atoms. The predicted octanol–water partition coefficient (Wildman–Crippen LogP) is 3.31. The van der Waals surface area contributed by atoms with Gasteiger partial charge in [0.15, 0.2) is 0 Å². The van der Waals surface area contributed by atoms with Gasteiger partial charge in [0, 0.05) is 16.7 Å². The van der Waals surface area contributed by atoms with Crippen LogP contribution in [-0.4, -0.2) is 17.0 Å². The molecule has 0 aromatic carbocycles. The SMILES string of the molecule is CNC(C)c1ccc(Oc2cncc(Br)c2)cn1. The van der Waals surface area contributed by atoms with E-state index >= 15 is 0 Å². The van der Waals surface area contributed by atoms with Crippen LogP contribution in [0.2, 0.25) is 0 Å². The first-order valence-corrected chi connectivity index (χ1v) is 6.40. The third kappa shape index (κ3) is 3.27. The van der Waals surface area contributed by atoms with Crippen LogP contribution in [0.5, 0.6) is 11.5 Å². The van der Waals surface area contributed by atoms with Gasteiger partial charge in [-0.25, -0.2) is 0 Å². The molecule has 0 fully saturated rings. The summed E-state index contributed by atoms with van der Waals surface area (Å²) in [7, 11) is 1.91. The van der Waals surface area contributed by atoms with E-state index in [1.54, 1.807) is 18.6 Å². The summed E-state index contributed by atoms with van der Waals surface area (Å²) in [6, 6.07) is 5.93. The van der Waals surface area contributed by atoms with Gasteiger partial charge in [-0.05, 0) is 48.1 Å². The Labute approximate surface area is 115 Å². The van der Waals surface area contributed by atoms with Crippen molar-refractivity contribution >= 4 is 15.9 Å². The van der Waals surface area contributed by atoms with Crippen LogP contribution in [0, 0.1) is 0 Å². The van der Waals surface area contributed by atoms with E-state index < -0.39 is 0 Å². The first-order valence-electron chi connectivity index (χ1n) is 5.60. The van der Waals surface area contributed by atoms with Crippen LogP contribution in [0.25, 0.3) is 0 Å². The molecule has 2 rings (SSSR count). The fraction of sp³-hybridized carbons (Fsp3) is 0.231. The van der Waals surface area contributed by atoms with Crippen molar-refractivity contribution in [2.75, 3.05) is 7.05 Å². The quantitative estimate of drug-likeness (QED) is 0.941. The van der Waals surface area contributed by atoms with E-state index in [-0.39, 0.29) is 6.04 Å². The van der Waals surface area contributed by atoms with Crippen LogP contribution in [-0.2, 0) is 0 Å². The molecule has 0 aliphatic rings. The van der Waals surface area contributed by atoms with Crippen molar-refractivity contribution in [3.05, 3.63) is 47.0 Å². The molecule has 1 N–H and O–H groups in total. The van der Waals surface area contributed by atoms with Gasteiger partial charge in [-0.15, -0.1) is 0 Å². The summed E-state index contributed by atoms with van der Waals surface area (Å²) in [5, 5.41) is 3.14. The predicted molar refractivity (Wildman–Crippen MR) is 73.7 cm³/mol. The van der Waals surface area contributed by atoms with Crippen molar-refractivity contribution in [1.82, 2.24) is 15.3 Å². The maximum atomic E-state index is 5.65. The summed E-state index contributed by atoms with van der Waals surface area (Å²) in [5.74, 6) is 1.38. The summed E-state index contributed by atoms with van der Waals surface area (Å²) < 4.78 is 6.53. The minimum atomic E-state index is 0.228. The highest BCUT2D eigenvalue weighted by atomic mass is 79.9. The number of aromatic nitrogens is 2. The Bertz CT molecular complexity index is 516. The highest BCUT2D eigenvalue weighted by Gasteiger charge is 2.04. The van der Waals surface area contributed by atoms with Gasteiger partial charge in [0.1, 0.15) is 11.5 Å². The molecule has 2 heterocycles. The van der Waals surface area contributed by atoms with E-state index in [1.807, 2.05) is 25.2 Å². The Morgan fingerprint density at radius 2 is 2.06 bits per heavy atom. The minimum Gasteiger partial charge on any atom is -0.454 e. The molecule has 0 saturated carbocycles. The normalized spacial score (nSPS) is 12.2. The summed E-state index contributed by atoms with van der Waals surface area (Å²) in [6.07, 6.45) is 5.09. The average molecular weight is 308 g/mol. The highest BCUT2D eigenvalue weighted by molar-refractivity contribution is 9.10. The molecule has 94 valence electrons. The van der Waals surface area contributed by atoms with Crippen LogP contribution in [0.1, 0.15) is 18.7 Å². The minimum absolute atomic E-state index is 0.228. The van der Waals surface area contributed by atoms with E-state index in [0.717, 1.165) is 10.2 Å². The second-order valence-corrected chi connectivity index (χ2v) is 4.79. The third-order valence-electron chi connectivity index (χ3n) is 2.55. The molecule has 0 aliphatic carbocycles. The molecule has 0 saturated heterocycles. The molecular formula is C13H14BrN3O. The Morgan fingerprint density at radius 3 is 2.67 bits per heavy atom. The topological polar surface area (TPSA) is 47.0 Å². The fourth-order valence-electron chi connectivity index (χ4n) is 1.44. The lowest BCUT2D eigenvalue weighted by atomic mass is 10.2. The van der Waals surface area contributed by atoms with Gasteiger partial charge < -0.3 is 10.1 Å². The number of nitrogens with one attached hydrogen (secondary N) is 1. The van der Waals surface area contributed by atoms with Crippen molar-refractivity contribution < 1.29 is 4.74 Å². The molecule has 2 aromatic rings. The van der Waals surface area contributed by atoms with Gasteiger partial charge in [-0.1, -0.05) is 0 Å². The molecular weight excluding hydrogens is 294 g/mol. The monoisotopic (exact) mass is 307 g/mol. The molecule has 5 heteroatoms. The van der Waals surface area contributed by atoms with Gasteiger partial charge in [0.2, 0.25) is 0 Å². The smallest absolute Gasteiger partial charge is 0.146 e. The Kier molecular flexibility index (Phi) is 4.28. The molecule has 18 heavy (non-hydrogen) atoms. The number of hydrogen-bond acceptors (Lipinski definition) is 4. The summed E-state index contributed by atoms with van der Waals surface area (Å²) in [4.78, 5) is 8.39. The number of rotatable bonds is 4. The zero-order valence-electron chi connectivity index (χ0n) is 10.2. The molecule has 2 aromatic heterocycles. The fourth-order valence-corrected chi connectivity index (χ4v) is 1.78. The molecule has 0 amide bonds. The van der Waals surface area contributed by atoms with Gasteiger partial charge >= 0.3 is 0 Å². The van der Waals surface area contributed by atoms with Crippen LogP contribution in [0.3, 0.4) is 0 Å². The molecule has 1 unspecified atom stereocenters. The Balaban J connectivity index is 2.11. The Morgan fingerprint density at radius 1 is 1.22 bits per heavy atom. The summed E-state index contributed by atoms with van der Waals surface area (Å²) in [6.45, 7) is 2.06. The summed E-state index contributed by atoms with van der Waals surface area (Å²) >= 11 is 3.35. The van der Waals surface area contributed by atoms with E-state index in [1.165, 1.54) is 0 Å². The van der Waals surface area contributed by atoms with E-state index in [2.05, 4.69) is 38.1 Å². The van der Waals surface area contributed by atoms with Gasteiger partial charge in [-0.2, -0.15) is 0 Å². The number of nitrogens with zero attached hydrogens (tertiary/aromatic N) is 2. The third-order valence-corrected chi connectivity index (χ3v) is 2.99. The standard InChI is InChI=1S/C13H14BrN3O/c1-9(15-2)13-4-3-11(8-17-13)18-12-5-10(14)6-16-7-12/h3-9,15H,1-2H3. The van der Waals surface area contributed by atoms with Crippen LogP contribution in [0.15, 0.2) is 41.3 Å². The van der Waals surface area contributed by atoms with E-state index in [0.29, 0.717) is 11.5 Å². The van der Waals surface area contributed by atoms with Gasteiger partial charge in [-0.3, -0.25) is 9.97 Å². The summed E-state index contributed by atoms with van der Waals surface area (Å²) in [5.41, 5.74) is 0.984. The second kappa shape index (κ2) is 5.93. The molecule has 0 bridgehead atoms. The first-order chi connectivity index (χ1) is 8.69. The zero-order valence-corrected chi connectivity index (χ0v) is 11.8. The van der Waals surface area contributed by atoms with Crippen molar-refractivity contribution in [1.29, 1.82) is 0 Å². The molecule has 1 atom stereocenters. The molecule has 0 aliphatic heterocycles. The maximum absolute atomic E-state index is 5.65. The van der Waals surface area contributed by atoms with Crippen LogP contribution in [0.4, 0.5) is 0 Å². The number of halogens is 1. The van der Waals surface area contributed by atoms with E-state index in [9.17, 15) is 0 Å². The van der Waals surface area contributed by atoms with Crippen molar-refractivity contribution in [2.45, 2.75) is 13.0 Å². The highest BCUT2D eigenvalue weighted by Crippen LogP contribution is 2.23. The van der Waals surface area contributed by atoms with Gasteiger partial charge in [0.05, 0.1) is 18.1 Å². The zero-order chi connectivity index (χ0) is 13.0. The van der Waals surface area contributed by atoms with Crippen LogP contribution < -0.4 is 10.1 Å². The molecule has 4 nitrogen and oxygen atoms in total. The lowest BCUT2D eigenvalue weighted by Crippen LogP contribution is -2.13. The van der Waals surface area contributed by atoms with E-state index in [4.69, 9.17) is 4.74 Å². The Hall–Kier alpha value is -1.46.